The molecular weight excluding hydrogens is 480 g/mol. The smallest absolute Gasteiger partial charge is 0.306 e. The third kappa shape index (κ3) is 16.5. The number of unbranched alkanes of at least 4 members (excludes halogenated alkanes) is 5. The summed E-state index contributed by atoms with van der Waals surface area (Å²) >= 11 is 0. The van der Waals surface area contributed by atoms with E-state index in [4.69, 9.17) is 9.84 Å². The van der Waals surface area contributed by atoms with Gasteiger partial charge in [0.1, 0.15) is 0 Å². The lowest BCUT2D eigenvalue weighted by Gasteiger charge is -2.31. The molecule has 0 saturated heterocycles. The summed E-state index contributed by atoms with van der Waals surface area (Å²) in [5.74, 6) is 1.11. The molecule has 3 nitrogen and oxygen atoms in total. The topological polar surface area (TPSA) is 46.5 Å². The maximum absolute atomic E-state index is 10.9. The fraction of sp³-hybridized carbons (Fsp3) is 0.806. The molecule has 1 rings (SSSR count). The number of ether oxygens (including phenoxy) is 1. The average Bonchev–Trinajstić information content (AvgIpc) is 2.89. The van der Waals surface area contributed by atoms with Crippen LogP contribution in [-0.2, 0) is 9.53 Å². The molecule has 1 aliphatic rings. The van der Waals surface area contributed by atoms with E-state index in [0.29, 0.717) is 5.92 Å². The standard InChI is InChI=1S/C36H64O3/c1-8-9-10-11-12-13-27-39-35-33(7)31(5)24-26-34(35)25-23-30(4)20-15-19-28(2)17-14-18-29(3)21-16-22-32(6)36(37)38/h21,24,26,28,30,32-33,35H,8-20,22-23,25,27H2,1-7H3,(H,37,38). The van der Waals surface area contributed by atoms with Crippen LogP contribution in [0, 0.1) is 23.7 Å². The van der Waals surface area contributed by atoms with Gasteiger partial charge in [-0.2, -0.15) is 0 Å². The molecule has 5 atom stereocenters. The van der Waals surface area contributed by atoms with Crippen molar-refractivity contribution in [2.75, 3.05) is 6.61 Å². The lowest BCUT2D eigenvalue weighted by Crippen LogP contribution is -2.28. The zero-order chi connectivity index (χ0) is 29.0. The van der Waals surface area contributed by atoms with Crippen LogP contribution < -0.4 is 0 Å². The first-order valence-corrected chi connectivity index (χ1v) is 16.5. The number of carbonyl (C=O) groups is 1. The Morgan fingerprint density at radius 3 is 2.26 bits per heavy atom. The van der Waals surface area contributed by atoms with Gasteiger partial charge < -0.3 is 9.84 Å². The van der Waals surface area contributed by atoms with Gasteiger partial charge in [-0.05, 0) is 76.2 Å². The van der Waals surface area contributed by atoms with E-state index in [1.54, 1.807) is 6.92 Å². The van der Waals surface area contributed by atoms with E-state index in [1.165, 1.54) is 100 Å². The monoisotopic (exact) mass is 544 g/mol. The van der Waals surface area contributed by atoms with Crippen LogP contribution in [0.25, 0.3) is 0 Å². The van der Waals surface area contributed by atoms with Crippen LogP contribution in [0.4, 0.5) is 0 Å². The predicted octanol–water partition coefficient (Wildman–Crippen LogP) is 11.1. The minimum Gasteiger partial charge on any atom is -0.481 e. The van der Waals surface area contributed by atoms with E-state index in [-0.39, 0.29) is 12.0 Å². The summed E-state index contributed by atoms with van der Waals surface area (Å²) in [5.41, 5.74) is 4.38. The summed E-state index contributed by atoms with van der Waals surface area (Å²) in [6.07, 6.45) is 26.8. The Morgan fingerprint density at radius 1 is 0.923 bits per heavy atom. The highest BCUT2D eigenvalue weighted by Crippen LogP contribution is 2.32. The van der Waals surface area contributed by atoms with Gasteiger partial charge in [-0.3, -0.25) is 4.79 Å². The largest absolute Gasteiger partial charge is 0.481 e. The van der Waals surface area contributed by atoms with Gasteiger partial charge in [0.05, 0.1) is 12.0 Å². The van der Waals surface area contributed by atoms with Crippen molar-refractivity contribution < 1.29 is 14.6 Å². The Hall–Kier alpha value is -1.35. The van der Waals surface area contributed by atoms with Gasteiger partial charge in [0.15, 0.2) is 0 Å². The number of carboxylic acids is 1. The molecule has 0 aromatic carbocycles. The molecule has 0 saturated carbocycles. The first kappa shape index (κ1) is 35.7. The first-order chi connectivity index (χ1) is 18.6. The van der Waals surface area contributed by atoms with Crippen molar-refractivity contribution in [1.82, 2.24) is 0 Å². The number of allylic oxidation sites excluding steroid dienone is 4. The Morgan fingerprint density at radius 2 is 1.56 bits per heavy atom. The van der Waals surface area contributed by atoms with Crippen LogP contribution in [0.15, 0.2) is 34.9 Å². The molecule has 0 fully saturated rings. The van der Waals surface area contributed by atoms with Crippen molar-refractivity contribution in [3.8, 4) is 0 Å². The Labute approximate surface area is 243 Å². The second kappa shape index (κ2) is 21.4. The summed E-state index contributed by atoms with van der Waals surface area (Å²) in [6, 6.07) is 0. The highest BCUT2D eigenvalue weighted by Gasteiger charge is 2.26. The highest BCUT2D eigenvalue weighted by atomic mass is 16.5. The molecule has 5 unspecified atom stereocenters. The number of hydrogen-bond donors (Lipinski definition) is 1. The molecule has 226 valence electrons. The molecule has 3 heteroatoms. The average molecular weight is 545 g/mol. The van der Waals surface area contributed by atoms with Crippen molar-refractivity contribution in [2.45, 2.75) is 157 Å². The first-order valence-electron chi connectivity index (χ1n) is 16.5. The van der Waals surface area contributed by atoms with E-state index in [9.17, 15) is 4.79 Å². The molecule has 0 aromatic heterocycles. The second-order valence-electron chi connectivity index (χ2n) is 12.9. The summed E-state index contributed by atoms with van der Waals surface area (Å²) in [7, 11) is 0. The van der Waals surface area contributed by atoms with Crippen LogP contribution in [0.5, 0.6) is 0 Å². The van der Waals surface area contributed by atoms with Gasteiger partial charge in [-0.15, -0.1) is 0 Å². The zero-order valence-electron chi connectivity index (χ0n) is 26.9. The molecule has 0 aliphatic heterocycles. The SMILES string of the molecule is CCCCCCCCOC1C(CCC(C)CCCC(C)CCCC(C)=CCCC(C)C(=O)O)=CC=C(C)C1C. The fourth-order valence-electron chi connectivity index (χ4n) is 5.67. The molecule has 0 amide bonds. The maximum atomic E-state index is 10.9. The number of aliphatic carboxylic acids is 1. The van der Waals surface area contributed by atoms with E-state index in [2.05, 4.69) is 59.8 Å². The van der Waals surface area contributed by atoms with Crippen molar-refractivity contribution in [2.24, 2.45) is 23.7 Å². The van der Waals surface area contributed by atoms with E-state index in [1.807, 2.05) is 0 Å². The number of carboxylic acid groups (broad SMARTS) is 1. The molecule has 0 radical (unpaired) electrons. The molecule has 0 bridgehead atoms. The van der Waals surface area contributed by atoms with Gasteiger partial charge in [0.25, 0.3) is 0 Å². The van der Waals surface area contributed by atoms with Gasteiger partial charge in [0.2, 0.25) is 0 Å². The highest BCUT2D eigenvalue weighted by molar-refractivity contribution is 5.69. The van der Waals surface area contributed by atoms with Crippen molar-refractivity contribution in [3.05, 3.63) is 34.9 Å². The normalized spacial score (nSPS) is 20.3. The van der Waals surface area contributed by atoms with Gasteiger partial charge in [-0.1, -0.05) is 122 Å². The van der Waals surface area contributed by atoms with Crippen LogP contribution in [-0.4, -0.2) is 23.8 Å². The third-order valence-electron chi connectivity index (χ3n) is 9.00. The lowest BCUT2D eigenvalue weighted by molar-refractivity contribution is -0.141. The van der Waals surface area contributed by atoms with Crippen molar-refractivity contribution in [1.29, 1.82) is 0 Å². The molecule has 0 heterocycles. The van der Waals surface area contributed by atoms with E-state index >= 15 is 0 Å². The second-order valence-corrected chi connectivity index (χ2v) is 12.9. The molecule has 0 aromatic rings. The molecule has 1 aliphatic carbocycles. The number of rotatable bonds is 23. The summed E-state index contributed by atoms with van der Waals surface area (Å²) in [4.78, 5) is 10.9. The van der Waals surface area contributed by atoms with Gasteiger partial charge in [0, 0.05) is 12.5 Å². The van der Waals surface area contributed by atoms with Crippen LogP contribution in [0.2, 0.25) is 0 Å². The third-order valence-corrected chi connectivity index (χ3v) is 9.00. The minimum atomic E-state index is -0.686. The van der Waals surface area contributed by atoms with Gasteiger partial charge in [-0.25, -0.2) is 0 Å². The van der Waals surface area contributed by atoms with E-state index in [0.717, 1.165) is 37.7 Å². The van der Waals surface area contributed by atoms with Crippen LogP contribution in [0.1, 0.15) is 151 Å². The Balaban J connectivity index is 2.26. The lowest BCUT2D eigenvalue weighted by atomic mass is 9.83. The summed E-state index contributed by atoms with van der Waals surface area (Å²) in [5, 5.41) is 9.01. The quantitative estimate of drug-likeness (QED) is 0.103. The minimum absolute atomic E-state index is 0.245. The van der Waals surface area contributed by atoms with Crippen LogP contribution in [0.3, 0.4) is 0 Å². The molecule has 1 N–H and O–H groups in total. The van der Waals surface area contributed by atoms with Gasteiger partial charge >= 0.3 is 5.97 Å². The summed E-state index contributed by atoms with van der Waals surface area (Å²) < 4.78 is 6.49. The Bertz CT molecular complexity index is 746. The zero-order valence-corrected chi connectivity index (χ0v) is 26.9. The van der Waals surface area contributed by atoms with Crippen molar-refractivity contribution >= 4 is 5.97 Å². The molecule has 39 heavy (non-hydrogen) atoms. The van der Waals surface area contributed by atoms with Crippen LogP contribution >= 0.6 is 0 Å². The maximum Gasteiger partial charge on any atom is 0.306 e. The predicted molar refractivity (Wildman–Crippen MR) is 169 cm³/mol. The molecular formula is C36H64O3. The fourth-order valence-corrected chi connectivity index (χ4v) is 5.67. The van der Waals surface area contributed by atoms with E-state index < -0.39 is 5.97 Å². The summed E-state index contributed by atoms with van der Waals surface area (Å²) in [6.45, 7) is 16.6. The molecule has 0 spiro atoms. The Kier molecular flexibility index (Phi) is 19.6. The number of hydrogen-bond acceptors (Lipinski definition) is 2. The van der Waals surface area contributed by atoms with Crippen molar-refractivity contribution in [3.63, 3.8) is 0 Å².